The fourth-order valence-corrected chi connectivity index (χ4v) is 2.16. The summed E-state index contributed by atoms with van der Waals surface area (Å²) in [6.07, 6.45) is 4.39. The predicted octanol–water partition coefficient (Wildman–Crippen LogP) is 2.70. The van der Waals surface area contributed by atoms with Gasteiger partial charge < -0.3 is 9.47 Å². The summed E-state index contributed by atoms with van der Waals surface area (Å²) >= 11 is 0. The topological polar surface area (TPSA) is 52.6 Å². The van der Waals surface area contributed by atoms with Crippen LogP contribution >= 0.6 is 0 Å². The van der Waals surface area contributed by atoms with E-state index in [9.17, 15) is 9.59 Å². The Morgan fingerprint density at radius 1 is 1.25 bits per heavy atom. The highest BCUT2D eigenvalue weighted by Crippen LogP contribution is 2.26. The number of hydrogen-bond donors (Lipinski definition) is 0. The van der Waals surface area contributed by atoms with Gasteiger partial charge in [-0.05, 0) is 19.3 Å². The first-order valence-electron chi connectivity index (χ1n) is 5.97. The second-order valence-corrected chi connectivity index (χ2v) is 4.21. The molecule has 16 heavy (non-hydrogen) atoms. The number of methoxy groups -OCH3 is 1. The van der Waals surface area contributed by atoms with Crippen molar-refractivity contribution in [1.29, 1.82) is 0 Å². The summed E-state index contributed by atoms with van der Waals surface area (Å²) in [6.45, 7) is 1.84. The van der Waals surface area contributed by atoms with E-state index in [1.165, 1.54) is 13.5 Å². The fourth-order valence-electron chi connectivity index (χ4n) is 2.16. The molecule has 0 bridgehead atoms. The van der Waals surface area contributed by atoms with E-state index in [0.717, 1.165) is 25.7 Å². The average molecular weight is 228 g/mol. The zero-order valence-electron chi connectivity index (χ0n) is 10.0. The van der Waals surface area contributed by atoms with Crippen LogP contribution in [0.5, 0.6) is 0 Å². The molecule has 0 spiro atoms. The number of hydrogen-bond acceptors (Lipinski definition) is 4. The van der Waals surface area contributed by atoms with Crippen LogP contribution in [0.2, 0.25) is 0 Å². The minimum absolute atomic E-state index is 0.0626. The third-order valence-corrected chi connectivity index (χ3v) is 3.10. The Hall–Kier alpha value is -1.06. The maximum absolute atomic E-state index is 12.0. The van der Waals surface area contributed by atoms with E-state index in [4.69, 9.17) is 4.74 Å². The summed E-state index contributed by atoms with van der Waals surface area (Å²) in [5, 5.41) is 0. The van der Waals surface area contributed by atoms with Crippen LogP contribution in [0.15, 0.2) is 0 Å². The van der Waals surface area contributed by atoms with Crippen molar-refractivity contribution >= 4 is 11.9 Å². The van der Waals surface area contributed by atoms with Gasteiger partial charge >= 0.3 is 6.16 Å². The van der Waals surface area contributed by atoms with Gasteiger partial charge in [-0.1, -0.05) is 26.2 Å². The Morgan fingerprint density at radius 3 is 2.38 bits per heavy atom. The van der Waals surface area contributed by atoms with Crippen molar-refractivity contribution in [3.63, 3.8) is 0 Å². The van der Waals surface area contributed by atoms with Crippen LogP contribution in [0.4, 0.5) is 4.79 Å². The second kappa shape index (κ2) is 6.51. The number of ketones is 1. The van der Waals surface area contributed by atoms with Gasteiger partial charge in [0.1, 0.15) is 0 Å². The summed E-state index contributed by atoms with van der Waals surface area (Å²) in [4.78, 5) is 23.0. The van der Waals surface area contributed by atoms with Crippen LogP contribution in [0.25, 0.3) is 0 Å². The second-order valence-electron chi connectivity index (χ2n) is 4.21. The van der Waals surface area contributed by atoms with Crippen LogP contribution in [0.1, 0.15) is 45.4 Å². The van der Waals surface area contributed by atoms with Gasteiger partial charge in [-0.3, -0.25) is 4.79 Å². The van der Waals surface area contributed by atoms with Gasteiger partial charge in [0.15, 0.2) is 11.9 Å². The third-order valence-electron chi connectivity index (χ3n) is 3.10. The van der Waals surface area contributed by atoms with Gasteiger partial charge in [0.2, 0.25) is 0 Å². The Labute approximate surface area is 96.3 Å². The molecule has 1 fully saturated rings. The maximum Gasteiger partial charge on any atom is 0.508 e. The van der Waals surface area contributed by atoms with Gasteiger partial charge in [-0.25, -0.2) is 4.79 Å². The molecule has 1 aliphatic rings. The Bertz CT molecular complexity index is 243. The first kappa shape index (κ1) is 13.0. The molecule has 0 saturated heterocycles. The number of rotatable bonds is 4. The van der Waals surface area contributed by atoms with Crippen molar-refractivity contribution in [2.45, 2.75) is 51.6 Å². The van der Waals surface area contributed by atoms with Crippen LogP contribution in [-0.4, -0.2) is 25.2 Å². The summed E-state index contributed by atoms with van der Waals surface area (Å²) in [6, 6.07) is 0. The highest BCUT2D eigenvalue weighted by atomic mass is 16.7. The fraction of sp³-hybridized carbons (Fsp3) is 0.833. The molecule has 92 valence electrons. The van der Waals surface area contributed by atoms with E-state index in [0.29, 0.717) is 6.42 Å². The SMILES string of the molecule is CCC(OC(=O)OC)C(=O)C1CCCCC1. The van der Waals surface area contributed by atoms with Crippen molar-refractivity contribution in [3.8, 4) is 0 Å². The molecule has 4 heteroatoms. The molecule has 0 N–H and O–H groups in total. The minimum Gasteiger partial charge on any atom is -0.438 e. The normalized spacial score (nSPS) is 18.9. The summed E-state index contributed by atoms with van der Waals surface area (Å²) in [5.41, 5.74) is 0. The van der Waals surface area contributed by atoms with Gasteiger partial charge in [0.05, 0.1) is 7.11 Å². The zero-order chi connectivity index (χ0) is 12.0. The van der Waals surface area contributed by atoms with E-state index in [1.54, 1.807) is 0 Å². The molecule has 0 heterocycles. The van der Waals surface area contributed by atoms with Crippen molar-refractivity contribution in [3.05, 3.63) is 0 Å². The van der Waals surface area contributed by atoms with Crippen LogP contribution < -0.4 is 0 Å². The Morgan fingerprint density at radius 2 is 1.88 bits per heavy atom. The maximum atomic E-state index is 12.0. The lowest BCUT2D eigenvalue weighted by molar-refractivity contribution is -0.133. The first-order valence-corrected chi connectivity index (χ1v) is 5.97. The smallest absolute Gasteiger partial charge is 0.438 e. The van der Waals surface area contributed by atoms with Crippen molar-refractivity contribution in [2.24, 2.45) is 5.92 Å². The Kier molecular flexibility index (Phi) is 5.29. The third kappa shape index (κ3) is 3.51. The molecule has 0 aromatic heterocycles. The van der Waals surface area contributed by atoms with E-state index < -0.39 is 12.3 Å². The van der Waals surface area contributed by atoms with Crippen LogP contribution in [-0.2, 0) is 14.3 Å². The number of ether oxygens (including phenoxy) is 2. The lowest BCUT2D eigenvalue weighted by Crippen LogP contribution is -2.33. The molecular formula is C12H20O4. The average Bonchev–Trinajstić information content (AvgIpc) is 2.35. The lowest BCUT2D eigenvalue weighted by atomic mass is 9.84. The molecule has 1 aliphatic carbocycles. The molecule has 1 rings (SSSR count). The first-order chi connectivity index (χ1) is 7.69. The van der Waals surface area contributed by atoms with Crippen molar-refractivity contribution in [2.75, 3.05) is 7.11 Å². The molecular weight excluding hydrogens is 208 g/mol. The zero-order valence-corrected chi connectivity index (χ0v) is 10.0. The molecule has 1 atom stereocenters. The molecule has 0 aromatic rings. The largest absolute Gasteiger partial charge is 0.508 e. The minimum atomic E-state index is -0.768. The molecule has 4 nitrogen and oxygen atoms in total. The van der Waals surface area contributed by atoms with Gasteiger partial charge in [0, 0.05) is 5.92 Å². The summed E-state index contributed by atoms with van der Waals surface area (Å²) < 4.78 is 9.36. The van der Waals surface area contributed by atoms with Gasteiger partial charge in [-0.2, -0.15) is 0 Å². The van der Waals surface area contributed by atoms with E-state index >= 15 is 0 Å². The molecule has 0 aliphatic heterocycles. The van der Waals surface area contributed by atoms with Crippen molar-refractivity contribution < 1.29 is 19.1 Å². The van der Waals surface area contributed by atoms with Gasteiger partial charge in [-0.15, -0.1) is 0 Å². The number of carbonyl (C=O) groups is 2. The Balaban J connectivity index is 2.50. The molecule has 0 aromatic carbocycles. The van der Waals surface area contributed by atoms with Crippen LogP contribution in [0, 0.1) is 5.92 Å². The van der Waals surface area contributed by atoms with E-state index in [2.05, 4.69) is 4.74 Å². The standard InChI is InChI=1S/C12H20O4/c1-3-10(16-12(14)15-2)11(13)9-7-5-4-6-8-9/h9-10H,3-8H2,1-2H3. The number of Topliss-reactive ketones (excluding diaryl/α,β-unsaturated/α-hetero) is 1. The quantitative estimate of drug-likeness (QED) is 0.694. The summed E-state index contributed by atoms with van der Waals surface area (Å²) in [7, 11) is 1.25. The molecule has 1 unspecified atom stereocenters. The molecule has 1 saturated carbocycles. The highest BCUT2D eigenvalue weighted by molar-refractivity contribution is 5.86. The number of carbonyl (C=O) groups excluding carboxylic acids is 2. The molecule has 0 amide bonds. The summed E-state index contributed by atoms with van der Waals surface area (Å²) in [5.74, 6) is 0.135. The monoisotopic (exact) mass is 228 g/mol. The highest BCUT2D eigenvalue weighted by Gasteiger charge is 2.29. The van der Waals surface area contributed by atoms with E-state index in [-0.39, 0.29) is 11.7 Å². The van der Waals surface area contributed by atoms with Crippen LogP contribution in [0.3, 0.4) is 0 Å². The van der Waals surface area contributed by atoms with Crippen molar-refractivity contribution in [1.82, 2.24) is 0 Å². The lowest BCUT2D eigenvalue weighted by Gasteiger charge is -2.24. The molecule has 0 radical (unpaired) electrons. The van der Waals surface area contributed by atoms with Gasteiger partial charge in [0.25, 0.3) is 0 Å². The predicted molar refractivity (Wildman–Crippen MR) is 59.2 cm³/mol. The van der Waals surface area contributed by atoms with E-state index in [1.807, 2.05) is 6.92 Å².